The summed E-state index contributed by atoms with van der Waals surface area (Å²) >= 11 is 0. The molecule has 3 amide bonds. The number of anilines is 3. The number of fused-ring (bicyclic) bond motifs is 3. The maximum absolute atomic E-state index is 16.6. The number of halogens is 1. The number of unbranched alkanes of at least 4 members (excludes halogenated alkanes) is 1. The van der Waals surface area contributed by atoms with Gasteiger partial charge in [0, 0.05) is 42.4 Å². The van der Waals surface area contributed by atoms with Gasteiger partial charge in [-0.1, -0.05) is 49.4 Å². The van der Waals surface area contributed by atoms with E-state index in [1.165, 1.54) is 0 Å². The van der Waals surface area contributed by atoms with E-state index >= 15 is 8.90 Å². The van der Waals surface area contributed by atoms with E-state index in [0.717, 1.165) is 34.5 Å². The second-order valence-electron chi connectivity index (χ2n) is 17.0. The number of nitrogens with one attached hydrogen (secondary N) is 1. The standard InChI is InChI=1S/C48H59FN4O8Si/c1-6-60-38-19-20-41-35(26-38)27-40(50-22-10-11-24-54)46(57)53(41)36-16-14-34(15-17-36)31-52-42-21-18-37(59-3)28-39(42)48(47(52)58)32(2)45(62(4,5)49)43(61-48)29-44(56)51(23-25-55)30-33-12-8-7-9-13-33/h7-9,12-21,26,28,32,40,43,45,50,54-55H,6,10-11,22-25,27,29-31H2,1-5H3/t32-,40?,43+,45-,48+/m1/s1. The number of aliphatic hydroxyl groups is 2. The van der Waals surface area contributed by atoms with Crippen molar-refractivity contribution in [1.29, 1.82) is 0 Å². The van der Waals surface area contributed by atoms with Crippen molar-refractivity contribution in [2.45, 2.75) is 89.0 Å². The van der Waals surface area contributed by atoms with Gasteiger partial charge in [-0.25, -0.2) is 0 Å². The van der Waals surface area contributed by atoms with Crippen molar-refractivity contribution in [2.75, 3.05) is 49.8 Å². The Morgan fingerprint density at radius 2 is 1.68 bits per heavy atom. The molecule has 5 atom stereocenters. The molecule has 1 fully saturated rings. The number of benzene rings is 4. The summed E-state index contributed by atoms with van der Waals surface area (Å²) < 4.78 is 35.0. The number of methoxy groups -OCH3 is 1. The minimum Gasteiger partial charge on any atom is -0.497 e. The first-order valence-electron chi connectivity index (χ1n) is 21.7. The van der Waals surface area contributed by atoms with Crippen LogP contribution in [-0.2, 0) is 44.2 Å². The van der Waals surface area contributed by atoms with Crippen LogP contribution in [0.2, 0.25) is 18.6 Å². The molecule has 0 aromatic heterocycles. The van der Waals surface area contributed by atoms with Gasteiger partial charge in [0.05, 0.1) is 56.8 Å². The van der Waals surface area contributed by atoms with Crippen molar-refractivity contribution in [3.63, 3.8) is 0 Å². The Balaban J connectivity index is 1.18. The number of hydrogen-bond acceptors (Lipinski definition) is 9. The number of rotatable bonds is 18. The molecule has 0 bridgehead atoms. The summed E-state index contributed by atoms with van der Waals surface area (Å²) in [6.07, 6.45) is 0.832. The number of hydrogen-bond donors (Lipinski definition) is 3. The summed E-state index contributed by atoms with van der Waals surface area (Å²) in [6.45, 7) is 8.50. The Kier molecular flexibility index (Phi) is 13.8. The highest BCUT2D eigenvalue weighted by molar-refractivity contribution is 6.72. The summed E-state index contributed by atoms with van der Waals surface area (Å²) in [5.74, 6) is -0.100. The zero-order valence-electron chi connectivity index (χ0n) is 36.3. The van der Waals surface area contributed by atoms with E-state index in [1.807, 2.05) is 92.7 Å². The predicted octanol–water partition coefficient (Wildman–Crippen LogP) is 6.78. The lowest BCUT2D eigenvalue weighted by molar-refractivity contribution is -0.150. The van der Waals surface area contributed by atoms with Crippen molar-refractivity contribution in [1.82, 2.24) is 10.2 Å². The molecule has 3 heterocycles. The van der Waals surface area contributed by atoms with E-state index in [4.69, 9.17) is 14.2 Å². The summed E-state index contributed by atoms with van der Waals surface area (Å²) in [6, 6.07) is 27.7. The second kappa shape index (κ2) is 19.1. The van der Waals surface area contributed by atoms with Gasteiger partial charge < -0.3 is 43.6 Å². The van der Waals surface area contributed by atoms with E-state index in [9.17, 15) is 19.8 Å². The molecule has 0 saturated carbocycles. The number of aliphatic hydroxyl groups excluding tert-OH is 2. The molecular weight excluding hydrogens is 808 g/mol. The maximum Gasteiger partial charge on any atom is 0.264 e. The number of nitrogens with zero attached hydrogens (tertiary/aromatic N) is 3. The van der Waals surface area contributed by atoms with Crippen molar-refractivity contribution >= 4 is 43.2 Å². The van der Waals surface area contributed by atoms with Crippen LogP contribution in [0.3, 0.4) is 0 Å². The van der Waals surface area contributed by atoms with Gasteiger partial charge in [0.2, 0.25) is 20.2 Å². The first kappa shape index (κ1) is 44.9. The highest BCUT2D eigenvalue weighted by Gasteiger charge is 2.67. The largest absolute Gasteiger partial charge is 0.497 e. The second-order valence-corrected chi connectivity index (χ2v) is 20.8. The molecule has 0 aliphatic carbocycles. The van der Waals surface area contributed by atoms with E-state index in [0.29, 0.717) is 48.7 Å². The minimum absolute atomic E-state index is 0.0909. The molecule has 3 N–H and O–H groups in total. The van der Waals surface area contributed by atoms with Crippen LogP contribution in [0.25, 0.3) is 0 Å². The lowest BCUT2D eigenvalue weighted by Crippen LogP contribution is -2.49. The van der Waals surface area contributed by atoms with Crippen LogP contribution in [0, 0.1) is 5.92 Å². The van der Waals surface area contributed by atoms with Crippen molar-refractivity contribution in [3.8, 4) is 11.5 Å². The van der Waals surface area contributed by atoms with Crippen molar-refractivity contribution in [3.05, 3.63) is 113 Å². The molecule has 330 valence electrons. The summed E-state index contributed by atoms with van der Waals surface area (Å²) in [5, 5.41) is 22.6. The average molecular weight is 867 g/mol. The fraction of sp³-hybridized carbons (Fsp3) is 0.438. The molecule has 1 unspecified atom stereocenters. The van der Waals surface area contributed by atoms with Gasteiger partial charge in [-0.3, -0.25) is 19.3 Å². The topological polar surface area (TPSA) is 141 Å². The Morgan fingerprint density at radius 1 is 0.952 bits per heavy atom. The lowest BCUT2D eigenvalue weighted by Gasteiger charge is -2.35. The van der Waals surface area contributed by atoms with Crippen LogP contribution in [0.5, 0.6) is 11.5 Å². The van der Waals surface area contributed by atoms with Gasteiger partial charge in [0.1, 0.15) is 11.5 Å². The normalized spacial score (nSPS) is 21.9. The summed E-state index contributed by atoms with van der Waals surface area (Å²) in [7, 11) is -2.04. The highest BCUT2D eigenvalue weighted by Crippen LogP contribution is 2.61. The number of ether oxygens (including phenoxy) is 3. The number of carbonyl (C=O) groups is 3. The summed E-state index contributed by atoms with van der Waals surface area (Å²) in [4.78, 5) is 48.3. The van der Waals surface area contributed by atoms with Crippen LogP contribution < -0.4 is 24.6 Å². The van der Waals surface area contributed by atoms with E-state index in [-0.39, 0.29) is 57.0 Å². The number of carbonyl (C=O) groups excluding carboxylic acids is 3. The van der Waals surface area contributed by atoms with Gasteiger partial charge in [-0.15, -0.1) is 0 Å². The zero-order chi connectivity index (χ0) is 44.2. The van der Waals surface area contributed by atoms with Crippen molar-refractivity contribution in [2.24, 2.45) is 5.92 Å². The lowest BCUT2D eigenvalue weighted by atomic mass is 9.82. The molecule has 12 nitrogen and oxygen atoms in total. The van der Waals surface area contributed by atoms with Gasteiger partial charge in [-0.2, -0.15) is 0 Å². The third-order valence-electron chi connectivity index (χ3n) is 12.5. The average Bonchev–Trinajstić information content (AvgIpc) is 3.68. The first-order chi connectivity index (χ1) is 29.8. The highest BCUT2D eigenvalue weighted by atomic mass is 28.4. The van der Waals surface area contributed by atoms with E-state index in [2.05, 4.69) is 5.32 Å². The Labute approximate surface area is 364 Å². The molecule has 0 radical (unpaired) electrons. The van der Waals surface area contributed by atoms with Gasteiger partial charge in [-0.05, 0) is 111 Å². The molecule has 3 aliphatic rings. The Bertz CT molecular complexity index is 2220. The first-order valence-corrected chi connectivity index (χ1v) is 24.6. The van der Waals surface area contributed by atoms with Crippen LogP contribution >= 0.6 is 0 Å². The van der Waals surface area contributed by atoms with Gasteiger partial charge >= 0.3 is 0 Å². The molecule has 4 aromatic rings. The molecular formula is C48H59FN4O8Si. The molecule has 62 heavy (non-hydrogen) atoms. The fourth-order valence-electron chi connectivity index (χ4n) is 9.68. The quantitative estimate of drug-likeness (QED) is 0.0561. The molecule has 1 spiro atoms. The smallest absolute Gasteiger partial charge is 0.264 e. The van der Waals surface area contributed by atoms with E-state index in [1.54, 1.807) is 47.0 Å². The Hall–Kier alpha value is -5.12. The molecule has 4 aromatic carbocycles. The van der Waals surface area contributed by atoms with Gasteiger partial charge in [0.15, 0.2) is 5.60 Å². The van der Waals surface area contributed by atoms with E-state index < -0.39 is 37.6 Å². The Morgan fingerprint density at radius 3 is 2.35 bits per heavy atom. The van der Waals surface area contributed by atoms with Crippen LogP contribution in [0.4, 0.5) is 21.2 Å². The number of amides is 3. The molecule has 1 saturated heterocycles. The van der Waals surface area contributed by atoms with Crippen LogP contribution in [-0.4, -0.2) is 93.4 Å². The molecule has 3 aliphatic heterocycles. The predicted molar refractivity (Wildman–Crippen MR) is 239 cm³/mol. The van der Waals surface area contributed by atoms with Crippen LogP contribution in [0.15, 0.2) is 91.0 Å². The minimum atomic E-state index is -3.59. The molecule has 14 heteroatoms. The molecule has 7 rings (SSSR count). The van der Waals surface area contributed by atoms with Crippen LogP contribution in [0.1, 0.15) is 55.4 Å². The SMILES string of the molecule is CCOc1ccc2c(c1)CC(NCCCCO)C(=O)N2c1ccc(CN2C(=O)[C@@]3(O[C@@H](CC(=O)N(CCO)Cc4ccccc4)[C@H]([Si](C)(C)F)[C@H]3C)c3cc(OC)ccc32)cc1. The third kappa shape index (κ3) is 8.89. The maximum atomic E-state index is 16.6. The van der Waals surface area contributed by atoms with Crippen molar-refractivity contribution < 1.29 is 42.9 Å². The fourth-order valence-corrected chi connectivity index (χ4v) is 12.2. The van der Waals surface area contributed by atoms with Gasteiger partial charge in [0.25, 0.3) is 5.91 Å². The third-order valence-corrected chi connectivity index (χ3v) is 15.0. The summed E-state index contributed by atoms with van der Waals surface area (Å²) in [5.41, 5.74) is 3.00. The zero-order valence-corrected chi connectivity index (χ0v) is 37.3. The monoisotopic (exact) mass is 866 g/mol.